The van der Waals surface area contributed by atoms with Crippen molar-refractivity contribution in [3.05, 3.63) is 35.9 Å². The predicted octanol–water partition coefficient (Wildman–Crippen LogP) is -0.329. The van der Waals surface area contributed by atoms with Crippen LogP contribution < -0.4 is 0 Å². The second-order valence-corrected chi connectivity index (χ2v) is 4.45. The van der Waals surface area contributed by atoms with E-state index < -0.39 is 36.7 Å². The smallest absolute Gasteiger partial charge is 0.338 e. The van der Waals surface area contributed by atoms with Gasteiger partial charge in [-0.2, -0.15) is 0 Å². The van der Waals surface area contributed by atoms with Gasteiger partial charge in [-0.25, -0.2) is 4.79 Å². The Labute approximate surface area is 110 Å². The van der Waals surface area contributed by atoms with E-state index in [4.69, 9.17) is 9.47 Å². The third kappa shape index (κ3) is 2.93. The summed E-state index contributed by atoms with van der Waals surface area (Å²) < 4.78 is 10.1. The molecule has 104 valence electrons. The number of hydrogen-bond acceptors (Lipinski definition) is 6. The predicted molar refractivity (Wildman–Crippen MR) is 64.2 cm³/mol. The van der Waals surface area contributed by atoms with Crippen LogP contribution in [0.1, 0.15) is 17.3 Å². The number of aliphatic hydroxyl groups is 3. The number of esters is 1. The van der Waals surface area contributed by atoms with Gasteiger partial charge in [-0.15, -0.1) is 0 Å². The first-order valence-corrected chi connectivity index (χ1v) is 5.96. The van der Waals surface area contributed by atoms with Gasteiger partial charge in [0.1, 0.15) is 24.4 Å². The Balaban J connectivity index is 1.98. The lowest BCUT2D eigenvalue weighted by Gasteiger charge is -2.21. The molecule has 0 spiro atoms. The van der Waals surface area contributed by atoms with Gasteiger partial charge in [-0.1, -0.05) is 18.2 Å². The Kier molecular flexibility index (Phi) is 4.16. The highest BCUT2D eigenvalue weighted by Gasteiger charge is 2.45. The molecule has 0 aromatic heterocycles. The minimum Gasteiger partial charge on any atom is -0.456 e. The monoisotopic (exact) mass is 268 g/mol. The van der Waals surface area contributed by atoms with E-state index in [1.807, 2.05) is 0 Å². The summed E-state index contributed by atoms with van der Waals surface area (Å²) >= 11 is 0. The highest BCUT2D eigenvalue weighted by Crippen LogP contribution is 2.24. The van der Waals surface area contributed by atoms with Gasteiger partial charge >= 0.3 is 5.97 Å². The molecule has 1 aromatic rings. The van der Waals surface area contributed by atoms with Crippen LogP contribution in [0.3, 0.4) is 0 Å². The molecule has 0 radical (unpaired) electrons. The molecule has 1 aliphatic heterocycles. The summed E-state index contributed by atoms with van der Waals surface area (Å²) in [5.41, 5.74) is 0.378. The van der Waals surface area contributed by atoms with Gasteiger partial charge in [0.05, 0.1) is 5.56 Å². The molecule has 6 heteroatoms. The van der Waals surface area contributed by atoms with Gasteiger partial charge in [0.2, 0.25) is 0 Å². The van der Waals surface area contributed by atoms with Crippen LogP contribution in [-0.2, 0) is 9.47 Å². The van der Waals surface area contributed by atoms with E-state index in [2.05, 4.69) is 0 Å². The zero-order valence-corrected chi connectivity index (χ0v) is 10.3. The zero-order chi connectivity index (χ0) is 14.0. The first-order chi connectivity index (χ1) is 9.00. The van der Waals surface area contributed by atoms with Crippen molar-refractivity contribution >= 4 is 5.97 Å². The number of hydrogen-bond donors (Lipinski definition) is 3. The molecule has 0 bridgehead atoms. The van der Waals surface area contributed by atoms with Crippen molar-refractivity contribution in [2.45, 2.75) is 37.6 Å². The average molecular weight is 268 g/mol. The molecule has 1 saturated heterocycles. The first-order valence-electron chi connectivity index (χ1n) is 5.96. The molecule has 1 aromatic carbocycles. The summed E-state index contributed by atoms with van der Waals surface area (Å²) in [4.78, 5) is 11.8. The molecule has 1 unspecified atom stereocenters. The van der Waals surface area contributed by atoms with Crippen molar-refractivity contribution in [1.82, 2.24) is 0 Å². The average Bonchev–Trinajstić information content (AvgIpc) is 2.67. The van der Waals surface area contributed by atoms with Gasteiger partial charge in [0.25, 0.3) is 0 Å². The molecular formula is C13H16O6. The van der Waals surface area contributed by atoms with Gasteiger partial charge in [0.15, 0.2) is 6.29 Å². The van der Waals surface area contributed by atoms with Gasteiger partial charge in [-0.05, 0) is 19.1 Å². The zero-order valence-electron chi connectivity index (χ0n) is 10.3. The fourth-order valence-electron chi connectivity index (χ4n) is 1.95. The fraction of sp³-hybridized carbons (Fsp3) is 0.462. The molecule has 0 aliphatic carbocycles. The number of benzene rings is 1. The quantitative estimate of drug-likeness (QED) is 0.650. The number of aliphatic hydroxyl groups excluding tert-OH is 3. The van der Waals surface area contributed by atoms with Gasteiger partial charge in [0, 0.05) is 0 Å². The van der Waals surface area contributed by atoms with Crippen LogP contribution in [0.4, 0.5) is 0 Å². The highest BCUT2D eigenvalue weighted by atomic mass is 16.7. The summed E-state index contributed by atoms with van der Waals surface area (Å²) in [6.07, 6.45) is -5.93. The summed E-state index contributed by atoms with van der Waals surface area (Å²) in [5, 5.41) is 28.3. The van der Waals surface area contributed by atoms with Gasteiger partial charge in [-0.3, -0.25) is 0 Å². The molecule has 1 aliphatic rings. The molecule has 2 rings (SSSR count). The fourth-order valence-corrected chi connectivity index (χ4v) is 1.95. The summed E-state index contributed by atoms with van der Waals surface area (Å²) in [5.74, 6) is -0.556. The molecular weight excluding hydrogens is 252 g/mol. The topological polar surface area (TPSA) is 96.2 Å². The van der Waals surface area contributed by atoms with Crippen molar-refractivity contribution in [2.24, 2.45) is 0 Å². The molecule has 19 heavy (non-hydrogen) atoms. The lowest BCUT2D eigenvalue weighted by atomic mass is 10.1. The van der Waals surface area contributed by atoms with Crippen molar-refractivity contribution in [1.29, 1.82) is 0 Å². The van der Waals surface area contributed by atoms with Crippen molar-refractivity contribution in [3.8, 4) is 0 Å². The van der Waals surface area contributed by atoms with E-state index >= 15 is 0 Å². The third-order valence-electron chi connectivity index (χ3n) is 3.04. The van der Waals surface area contributed by atoms with E-state index in [9.17, 15) is 20.1 Å². The van der Waals surface area contributed by atoms with E-state index in [-0.39, 0.29) is 0 Å². The van der Waals surface area contributed by atoms with E-state index in [0.717, 1.165) is 0 Å². The van der Waals surface area contributed by atoms with Crippen molar-refractivity contribution < 1.29 is 29.6 Å². The summed E-state index contributed by atoms with van der Waals surface area (Å²) in [6.45, 7) is 1.53. The minimum atomic E-state index is -1.47. The highest BCUT2D eigenvalue weighted by molar-refractivity contribution is 5.89. The van der Waals surface area contributed by atoms with Crippen molar-refractivity contribution in [2.75, 3.05) is 0 Å². The molecule has 0 saturated carbocycles. The molecule has 6 nitrogen and oxygen atoms in total. The minimum absolute atomic E-state index is 0.378. The number of rotatable bonds is 3. The van der Waals surface area contributed by atoms with Crippen LogP contribution in [0, 0.1) is 0 Å². The molecule has 5 atom stereocenters. The first kappa shape index (κ1) is 14.0. The van der Waals surface area contributed by atoms with E-state index in [1.54, 1.807) is 30.3 Å². The largest absolute Gasteiger partial charge is 0.456 e. The second kappa shape index (κ2) is 5.66. The summed E-state index contributed by atoms with van der Waals surface area (Å²) in [6, 6.07) is 8.39. The van der Waals surface area contributed by atoms with E-state index in [1.165, 1.54) is 6.92 Å². The summed E-state index contributed by atoms with van der Waals surface area (Å²) in [7, 11) is 0. The number of carbonyl (C=O) groups excluding carboxylic acids is 1. The van der Waals surface area contributed by atoms with Crippen LogP contribution >= 0.6 is 0 Å². The molecule has 0 amide bonds. The molecule has 1 fully saturated rings. The Morgan fingerprint density at radius 1 is 1.21 bits per heavy atom. The van der Waals surface area contributed by atoms with Crippen LogP contribution in [0.25, 0.3) is 0 Å². The van der Waals surface area contributed by atoms with Crippen LogP contribution in [0.2, 0.25) is 0 Å². The van der Waals surface area contributed by atoms with Crippen LogP contribution in [0.15, 0.2) is 30.3 Å². The van der Waals surface area contributed by atoms with Crippen LogP contribution in [0.5, 0.6) is 0 Å². The lowest BCUT2D eigenvalue weighted by Crippen LogP contribution is -2.39. The molecule has 1 heterocycles. The number of carbonyl (C=O) groups is 1. The standard InChI is InChI=1S/C13H16O6/c1-7(11-9(14)10(15)13(17)19-11)18-12(16)8-5-3-2-4-6-8/h2-7,9-11,13-15,17H,1H3/t7?,9-,10+,11+,13-/m0/s1. The van der Waals surface area contributed by atoms with Crippen LogP contribution in [-0.4, -0.2) is 52.0 Å². The maximum Gasteiger partial charge on any atom is 0.338 e. The Hall–Kier alpha value is -1.47. The maximum absolute atomic E-state index is 11.8. The second-order valence-electron chi connectivity index (χ2n) is 4.45. The van der Waals surface area contributed by atoms with E-state index in [0.29, 0.717) is 5.56 Å². The lowest BCUT2D eigenvalue weighted by molar-refractivity contribution is -0.144. The number of ether oxygens (including phenoxy) is 2. The molecule has 3 N–H and O–H groups in total. The SMILES string of the molecule is CC(OC(=O)c1ccccc1)[C@H]1O[C@H](O)[C@H](O)[C@@H]1O. The maximum atomic E-state index is 11.8. The normalized spacial score (nSPS) is 32.0. The Morgan fingerprint density at radius 3 is 2.37 bits per heavy atom. The Morgan fingerprint density at radius 2 is 1.84 bits per heavy atom. The van der Waals surface area contributed by atoms with Crippen molar-refractivity contribution in [3.63, 3.8) is 0 Å². The third-order valence-corrected chi connectivity index (χ3v) is 3.04. The Bertz CT molecular complexity index is 434. The van der Waals surface area contributed by atoms with Gasteiger partial charge < -0.3 is 24.8 Å².